The molecular formula is C13H12N4O3S. The molecule has 21 heavy (non-hydrogen) atoms. The van der Waals surface area contributed by atoms with E-state index >= 15 is 0 Å². The van der Waals surface area contributed by atoms with E-state index in [2.05, 4.69) is 10.2 Å². The number of aromatic hydroxyl groups is 1. The van der Waals surface area contributed by atoms with Gasteiger partial charge in [0.1, 0.15) is 11.3 Å². The van der Waals surface area contributed by atoms with Gasteiger partial charge in [-0.2, -0.15) is 0 Å². The van der Waals surface area contributed by atoms with Crippen LogP contribution in [-0.2, 0) is 12.8 Å². The number of benzene rings is 1. The van der Waals surface area contributed by atoms with Gasteiger partial charge in [-0.15, -0.1) is 10.2 Å². The second-order valence-electron chi connectivity index (χ2n) is 4.46. The summed E-state index contributed by atoms with van der Waals surface area (Å²) >= 11 is 1.42. The molecule has 0 fully saturated rings. The largest absolute Gasteiger partial charge is 0.508 e. The molecule has 0 aliphatic heterocycles. The second-order valence-corrected chi connectivity index (χ2v) is 5.40. The van der Waals surface area contributed by atoms with Crippen LogP contribution >= 0.6 is 11.8 Å². The predicted octanol–water partition coefficient (Wildman–Crippen LogP) is 1.50. The first-order valence-electron chi connectivity index (χ1n) is 6.08. The fourth-order valence-electron chi connectivity index (χ4n) is 1.93. The Hall–Kier alpha value is -2.48. The first-order chi connectivity index (χ1) is 10.0. The molecule has 3 rings (SSSR count). The average molecular weight is 304 g/mol. The van der Waals surface area contributed by atoms with E-state index < -0.39 is 5.63 Å². The molecule has 0 bridgehead atoms. The van der Waals surface area contributed by atoms with Crippen LogP contribution in [0.1, 0.15) is 5.56 Å². The van der Waals surface area contributed by atoms with E-state index in [-0.39, 0.29) is 5.75 Å². The number of phenolic OH excluding ortho intramolecular Hbond substituents is 1. The topological polar surface area (TPSA) is 107 Å². The maximum Gasteiger partial charge on any atom is 0.336 e. The van der Waals surface area contributed by atoms with Crippen LogP contribution in [0.2, 0.25) is 0 Å². The summed E-state index contributed by atoms with van der Waals surface area (Å²) in [6.07, 6.45) is 0. The first kappa shape index (κ1) is 13.5. The van der Waals surface area contributed by atoms with Crippen LogP contribution in [0.5, 0.6) is 5.75 Å². The van der Waals surface area contributed by atoms with Crippen molar-refractivity contribution in [1.82, 2.24) is 14.8 Å². The van der Waals surface area contributed by atoms with Crippen molar-refractivity contribution >= 4 is 28.7 Å². The summed E-state index contributed by atoms with van der Waals surface area (Å²) in [5, 5.41) is 18.6. The molecule has 0 spiro atoms. The third kappa shape index (κ3) is 2.57. The second kappa shape index (κ2) is 5.13. The van der Waals surface area contributed by atoms with Crippen LogP contribution in [0.25, 0.3) is 11.0 Å². The molecule has 2 aromatic heterocycles. The van der Waals surface area contributed by atoms with Crippen molar-refractivity contribution in [2.24, 2.45) is 7.05 Å². The third-order valence-corrected chi connectivity index (χ3v) is 4.11. The summed E-state index contributed by atoms with van der Waals surface area (Å²) in [5.41, 5.74) is 6.32. The van der Waals surface area contributed by atoms with Crippen LogP contribution in [0.3, 0.4) is 0 Å². The number of nitrogen functional groups attached to an aromatic ring is 1. The zero-order valence-corrected chi connectivity index (χ0v) is 11.9. The molecule has 7 nitrogen and oxygen atoms in total. The zero-order chi connectivity index (χ0) is 15.0. The Balaban J connectivity index is 1.97. The summed E-state index contributed by atoms with van der Waals surface area (Å²) in [6.45, 7) is 0. The molecular weight excluding hydrogens is 292 g/mol. The van der Waals surface area contributed by atoms with E-state index in [1.165, 1.54) is 23.9 Å². The number of rotatable bonds is 3. The standard InChI is InChI=1S/C13H12N4O3S/c1-17-12(14)15-16-13(17)21-6-7-4-11(19)20-10-5-8(18)2-3-9(7)10/h2-5,18H,6H2,1H3,(H2,14,15). The summed E-state index contributed by atoms with van der Waals surface area (Å²) in [4.78, 5) is 11.6. The van der Waals surface area contributed by atoms with Gasteiger partial charge in [0.25, 0.3) is 0 Å². The average Bonchev–Trinajstić information content (AvgIpc) is 2.75. The summed E-state index contributed by atoms with van der Waals surface area (Å²) in [6, 6.07) is 6.13. The van der Waals surface area contributed by atoms with E-state index in [0.29, 0.717) is 22.4 Å². The van der Waals surface area contributed by atoms with Crippen LogP contribution in [0.15, 0.2) is 38.6 Å². The van der Waals surface area contributed by atoms with E-state index in [4.69, 9.17) is 10.2 Å². The smallest absolute Gasteiger partial charge is 0.336 e. The van der Waals surface area contributed by atoms with Crippen LogP contribution in [0.4, 0.5) is 5.95 Å². The van der Waals surface area contributed by atoms with Gasteiger partial charge in [-0.05, 0) is 17.7 Å². The number of phenols is 1. The van der Waals surface area contributed by atoms with Gasteiger partial charge in [0.05, 0.1) is 0 Å². The van der Waals surface area contributed by atoms with E-state index in [1.54, 1.807) is 23.7 Å². The highest BCUT2D eigenvalue weighted by Gasteiger charge is 2.10. The Morgan fingerprint density at radius 1 is 1.38 bits per heavy atom. The van der Waals surface area contributed by atoms with Gasteiger partial charge in [0, 0.05) is 30.3 Å². The van der Waals surface area contributed by atoms with Crippen molar-refractivity contribution in [3.63, 3.8) is 0 Å². The van der Waals surface area contributed by atoms with Crippen molar-refractivity contribution in [3.05, 3.63) is 40.2 Å². The minimum absolute atomic E-state index is 0.0523. The number of fused-ring (bicyclic) bond motifs is 1. The molecule has 0 unspecified atom stereocenters. The van der Waals surface area contributed by atoms with Gasteiger partial charge in [-0.25, -0.2) is 4.79 Å². The van der Waals surface area contributed by atoms with Crippen molar-refractivity contribution in [2.75, 3.05) is 5.73 Å². The molecule has 8 heteroatoms. The van der Waals surface area contributed by atoms with Gasteiger partial charge in [0.15, 0.2) is 5.16 Å². The lowest BCUT2D eigenvalue weighted by atomic mass is 10.1. The molecule has 0 saturated heterocycles. The van der Waals surface area contributed by atoms with Crippen molar-refractivity contribution in [1.29, 1.82) is 0 Å². The normalized spacial score (nSPS) is 11.1. The minimum atomic E-state index is -0.457. The van der Waals surface area contributed by atoms with Gasteiger partial charge < -0.3 is 15.3 Å². The molecule has 0 amide bonds. The number of hydrogen-bond donors (Lipinski definition) is 2. The Bertz CT molecular complexity index is 871. The Kier molecular flexibility index (Phi) is 3.30. The van der Waals surface area contributed by atoms with Gasteiger partial charge >= 0.3 is 5.63 Å². The maximum absolute atomic E-state index is 11.6. The number of nitrogens with two attached hydrogens (primary N) is 1. The molecule has 2 heterocycles. The van der Waals surface area contributed by atoms with Gasteiger partial charge in [-0.3, -0.25) is 4.57 Å². The third-order valence-electron chi connectivity index (χ3n) is 3.04. The van der Waals surface area contributed by atoms with Gasteiger partial charge in [0.2, 0.25) is 5.95 Å². The zero-order valence-electron chi connectivity index (χ0n) is 11.1. The quantitative estimate of drug-likeness (QED) is 0.557. The van der Waals surface area contributed by atoms with Crippen molar-refractivity contribution < 1.29 is 9.52 Å². The van der Waals surface area contributed by atoms with Crippen LogP contribution in [0, 0.1) is 0 Å². The molecule has 0 atom stereocenters. The number of aromatic nitrogens is 3. The molecule has 0 radical (unpaired) electrons. The fraction of sp³-hybridized carbons (Fsp3) is 0.154. The Labute approximate surface area is 123 Å². The molecule has 0 saturated carbocycles. The van der Waals surface area contributed by atoms with Crippen molar-refractivity contribution in [3.8, 4) is 5.75 Å². The highest BCUT2D eigenvalue weighted by molar-refractivity contribution is 7.98. The monoisotopic (exact) mass is 304 g/mol. The van der Waals surface area contributed by atoms with E-state index in [9.17, 15) is 9.90 Å². The molecule has 3 aromatic rings. The number of thioether (sulfide) groups is 1. The maximum atomic E-state index is 11.6. The fourth-order valence-corrected chi connectivity index (χ4v) is 2.84. The minimum Gasteiger partial charge on any atom is -0.508 e. The van der Waals surface area contributed by atoms with Crippen molar-refractivity contribution in [2.45, 2.75) is 10.9 Å². The molecule has 0 aliphatic carbocycles. The summed E-state index contributed by atoms with van der Waals surface area (Å²) < 4.78 is 6.76. The highest BCUT2D eigenvalue weighted by atomic mass is 32.2. The van der Waals surface area contributed by atoms with Gasteiger partial charge in [-0.1, -0.05) is 11.8 Å². The summed E-state index contributed by atoms with van der Waals surface area (Å²) in [7, 11) is 1.77. The predicted molar refractivity (Wildman–Crippen MR) is 79.1 cm³/mol. The lowest BCUT2D eigenvalue weighted by Gasteiger charge is -2.05. The summed E-state index contributed by atoms with van der Waals surface area (Å²) in [5.74, 6) is 0.898. The van der Waals surface area contributed by atoms with E-state index in [0.717, 1.165) is 10.9 Å². The molecule has 108 valence electrons. The molecule has 0 aliphatic rings. The Morgan fingerprint density at radius 3 is 2.90 bits per heavy atom. The number of anilines is 1. The SMILES string of the molecule is Cn1c(N)nnc1SCc1cc(=O)oc2cc(O)ccc12. The Morgan fingerprint density at radius 2 is 2.19 bits per heavy atom. The first-order valence-corrected chi connectivity index (χ1v) is 7.06. The lowest BCUT2D eigenvalue weighted by molar-refractivity contribution is 0.473. The molecule has 3 N–H and O–H groups in total. The van der Waals surface area contributed by atoms with Crippen LogP contribution in [-0.4, -0.2) is 19.9 Å². The van der Waals surface area contributed by atoms with Crippen LogP contribution < -0.4 is 11.4 Å². The lowest BCUT2D eigenvalue weighted by Crippen LogP contribution is -2.01. The number of hydrogen-bond acceptors (Lipinski definition) is 7. The molecule has 1 aromatic carbocycles. The number of nitrogens with zero attached hydrogens (tertiary/aromatic N) is 3. The highest BCUT2D eigenvalue weighted by Crippen LogP contribution is 2.27. The van der Waals surface area contributed by atoms with E-state index in [1.807, 2.05) is 0 Å².